The molecule has 3 N–H and O–H groups in total. The molecule has 0 saturated carbocycles. The minimum absolute atomic E-state index is 0.917. The first-order chi connectivity index (χ1) is 13.1. The van der Waals surface area contributed by atoms with Crippen LogP contribution in [-0.4, -0.2) is 9.97 Å². The molecule has 1 aliphatic carbocycles. The lowest BCUT2D eigenvalue weighted by Gasteiger charge is -2.19. The molecule has 3 heteroatoms. The third-order valence-corrected chi connectivity index (χ3v) is 5.82. The smallest absolute Gasteiger partial charge is 0.106 e. The van der Waals surface area contributed by atoms with Crippen molar-refractivity contribution in [3.63, 3.8) is 0 Å². The van der Waals surface area contributed by atoms with Gasteiger partial charge in [0.15, 0.2) is 0 Å². The van der Waals surface area contributed by atoms with E-state index < -0.39 is 0 Å². The number of allylic oxidation sites excluding steroid dienone is 1. The van der Waals surface area contributed by atoms with Crippen molar-refractivity contribution in [1.29, 1.82) is 0 Å². The van der Waals surface area contributed by atoms with Gasteiger partial charge in [-0.05, 0) is 59.5 Å². The summed E-state index contributed by atoms with van der Waals surface area (Å²) in [4.78, 5) is 8.12. The van der Waals surface area contributed by atoms with Crippen molar-refractivity contribution in [1.82, 2.24) is 9.97 Å². The van der Waals surface area contributed by atoms with Gasteiger partial charge >= 0.3 is 0 Å². The Kier molecular flexibility index (Phi) is 3.57. The number of hydrogen-bond acceptors (Lipinski definition) is 2. The van der Waals surface area contributed by atoms with Crippen molar-refractivity contribution in [3.05, 3.63) is 71.1 Å². The maximum Gasteiger partial charge on any atom is 0.106 e. The molecule has 0 fully saturated rings. The van der Waals surface area contributed by atoms with E-state index in [-0.39, 0.29) is 0 Å². The van der Waals surface area contributed by atoms with Crippen molar-refractivity contribution >= 4 is 27.5 Å². The number of nitrogens with two attached hydrogens (primary N) is 1. The highest BCUT2D eigenvalue weighted by Crippen LogP contribution is 2.33. The number of nitrogens with one attached hydrogen (secondary N) is 1. The molecule has 0 atom stereocenters. The Balaban J connectivity index is 1.62. The second kappa shape index (κ2) is 5.98. The maximum absolute atomic E-state index is 6.29. The lowest BCUT2D eigenvalue weighted by molar-refractivity contribution is 0.913. The summed E-state index contributed by atoms with van der Waals surface area (Å²) in [5.41, 5.74) is 15.8. The van der Waals surface area contributed by atoms with E-state index in [1.54, 1.807) is 0 Å². The first-order valence-electron chi connectivity index (χ1n) is 9.64. The van der Waals surface area contributed by atoms with Crippen LogP contribution in [0.4, 0.5) is 0 Å². The number of imidazole rings is 1. The molecule has 3 nitrogen and oxygen atoms in total. The zero-order valence-electron chi connectivity index (χ0n) is 15.8. The number of benzene rings is 3. The van der Waals surface area contributed by atoms with E-state index >= 15 is 0 Å². The SMILES string of the molecule is CCc1nc2ccc3cc(-c4ccc5c(c4)CCC(C)=C5N)ccc3c2[nH]1. The number of aryl methyl sites for hydroxylation is 2. The standard InChI is InChI=1S/C24H23N3/c1-3-22-26-21-11-8-18-13-16(7-10-20(18)24(21)27-22)15-6-9-19-17(12-15)5-4-14(2)23(19)25/h6-13H,3-5,25H2,1-2H3,(H,26,27). The molecule has 0 amide bonds. The van der Waals surface area contributed by atoms with E-state index in [1.165, 1.54) is 38.6 Å². The number of aromatic nitrogens is 2. The van der Waals surface area contributed by atoms with Gasteiger partial charge in [-0.1, -0.05) is 43.3 Å². The summed E-state index contributed by atoms with van der Waals surface area (Å²) in [5.74, 6) is 1.04. The number of hydrogen-bond donors (Lipinski definition) is 2. The molecule has 0 bridgehead atoms. The quantitative estimate of drug-likeness (QED) is 0.494. The van der Waals surface area contributed by atoms with Gasteiger partial charge < -0.3 is 10.7 Å². The van der Waals surface area contributed by atoms with Crippen molar-refractivity contribution in [3.8, 4) is 11.1 Å². The zero-order valence-corrected chi connectivity index (χ0v) is 15.8. The van der Waals surface area contributed by atoms with E-state index in [9.17, 15) is 0 Å². The van der Waals surface area contributed by atoms with Crippen LogP contribution in [0.15, 0.2) is 54.1 Å². The highest BCUT2D eigenvalue weighted by Gasteiger charge is 2.15. The summed E-state index contributed by atoms with van der Waals surface area (Å²) in [6, 6.07) is 17.7. The lowest BCUT2D eigenvalue weighted by atomic mass is 9.88. The molecule has 5 rings (SSSR count). The molecular formula is C24H23N3. The molecule has 134 valence electrons. The number of rotatable bonds is 2. The van der Waals surface area contributed by atoms with Crippen LogP contribution in [0.1, 0.15) is 37.2 Å². The fraction of sp³-hybridized carbons (Fsp3) is 0.208. The van der Waals surface area contributed by atoms with Gasteiger partial charge in [-0.15, -0.1) is 0 Å². The van der Waals surface area contributed by atoms with Crippen LogP contribution in [0, 0.1) is 0 Å². The molecule has 3 aromatic carbocycles. The Morgan fingerprint density at radius 2 is 1.81 bits per heavy atom. The Morgan fingerprint density at radius 3 is 2.67 bits per heavy atom. The van der Waals surface area contributed by atoms with Crippen LogP contribution >= 0.6 is 0 Å². The fourth-order valence-electron chi connectivity index (χ4n) is 4.14. The molecule has 1 aromatic heterocycles. The van der Waals surface area contributed by atoms with Crippen molar-refractivity contribution in [2.24, 2.45) is 5.73 Å². The van der Waals surface area contributed by atoms with Gasteiger partial charge in [-0.25, -0.2) is 4.98 Å². The molecule has 0 radical (unpaired) electrons. The Hall–Kier alpha value is -3.07. The Labute approximate surface area is 158 Å². The summed E-state index contributed by atoms with van der Waals surface area (Å²) in [6.45, 7) is 4.26. The van der Waals surface area contributed by atoms with Crippen molar-refractivity contribution in [2.45, 2.75) is 33.1 Å². The molecule has 1 aliphatic rings. The van der Waals surface area contributed by atoms with E-state index in [0.717, 1.165) is 41.8 Å². The molecule has 0 saturated heterocycles. The summed E-state index contributed by atoms with van der Waals surface area (Å²) < 4.78 is 0. The number of aromatic amines is 1. The number of nitrogens with zero attached hydrogens (tertiary/aromatic N) is 1. The highest BCUT2D eigenvalue weighted by molar-refractivity contribution is 6.05. The first kappa shape index (κ1) is 16.1. The fourth-order valence-corrected chi connectivity index (χ4v) is 4.14. The van der Waals surface area contributed by atoms with E-state index in [4.69, 9.17) is 5.73 Å². The zero-order chi connectivity index (χ0) is 18.5. The van der Waals surface area contributed by atoms with E-state index in [0.29, 0.717) is 0 Å². The molecule has 27 heavy (non-hydrogen) atoms. The molecule has 0 aliphatic heterocycles. The average molecular weight is 353 g/mol. The van der Waals surface area contributed by atoms with E-state index in [2.05, 4.69) is 72.3 Å². The van der Waals surface area contributed by atoms with Crippen LogP contribution in [0.2, 0.25) is 0 Å². The second-order valence-corrected chi connectivity index (χ2v) is 7.50. The van der Waals surface area contributed by atoms with E-state index in [1.807, 2.05) is 0 Å². The van der Waals surface area contributed by atoms with Crippen LogP contribution in [-0.2, 0) is 12.8 Å². The molecule has 0 spiro atoms. The predicted molar refractivity (Wildman–Crippen MR) is 114 cm³/mol. The van der Waals surface area contributed by atoms with Gasteiger partial charge in [0.1, 0.15) is 5.82 Å². The monoisotopic (exact) mass is 353 g/mol. The van der Waals surface area contributed by atoms with Gasteiger partial charge in [0.2, 0.25) is 0 Å². The highest BCUT2D eigenvalue weighted by atomic mass is 14.9. The van der Waals surface area contributed by atoms with Crippen LogP contribution in [0.3, 0.4) is 0 Å². The largest absolute Gasteiger partial charge is 0.398 e. The minimum Gasteiger partial charge on any atom is -0.398 e. The number of H-pyrrole nitrogens is 1. The van der Waals surface area contributed by atoms with Crippen LogP contribution in [0.5, 0.6) is 0 Å². The van der Waals surface area contributed by atoms with Crippen LogP contribution in [0.25, 0.3) is 38.6 Å². The Morgan fingerprint density at radius 1 is 1.00 bits per heavy atom. The molecule has 1 heterocycles. The van der Waals surface area contributed by atoms with Gasteiger partial charge in [0.25, 0.3) is 0 Å². The summed E-state index contributed by atoms with van der Waals surface area (Å²) in [5, 5.41) is 2.46. The predicted octanol–water partition coefficient (Wildman–Crippen LogP) is 5.58. The normalized spacial score (nSPS) is 14.1. The molecular weight excluding hydrogens is 330 g/mol. The average Bonchev–Trinajstić information content (AvgIpc) is 3.14. The lowest BCUT2D eigenvalue weighted by Crippen LogP contribution is -2.09. The van der Waals surface area contributed by atoms with Crippen molar-refractivity contribution < 1.29 is 0 Å². The summed E-state index contributed by atoms with van der Waals surface area (Å²) >= 11 is 0. The molecule has 0 unspecified atom stereocenters. The van der Waals surface area contributed by atoms with Gasteiger partial charge in [0, 0.05) is 23.1 Å². The summed E-state index contributed by atoms with van der Waals surface area (Å²) in [7, 11) is 0. The topological polar surface area (TPSA) is 54.7 Å². The Bertz CT molecular complexity index is 1230. The number of fused-ring (bicyclic) bond motifs is 4. The first-order valence-corrected chi connectivity index (χ1v) is 9.64. The summed E-state index contributed by atoms with van der Waals surface area (Å²) in [6.07, 6.45) is 3.04. The van der Waals surface area contributed by atoms with Gasteiger partial charge in [-0.3, -0.25) is 0 Å². The molecule has 4 aromatic rings. The second-order valence-electron chi connectivity index (χ2n) is 7.50. The maximum atomic E-state index is 6.29. The van der Waals surface area contributed by atoms with Gasteiger partial charge in [0.05, 0.1) is 11.0 Å². The van der Waals surface area contributed by atoms with Crippen molar-refractivity contribution in [2.75, 3.05) is 0 Å². The van der Waals surface area contributed by atoms with Gasteiger partial charge in [-0.2, -0.15) is 0 Å². The third kappa shape index (κ3) is 2.54. The van der Waals surface area contributed by atoms with Crippen LogP contribution < -0.4 is 5.73 Å². The minimum atomic E-state index is 0.917. The third-order valence-electron chi connectivity index (χ3n) is 5.82.